The van der Waals surface area contributed by atoms with Gasteiger partial charge in [0.2, 0.25) is 0 Å². The van der Waals surface area contributed by atoms with Crippen LogP contribution in [0, 0.1) is 5.92 Å². The predicted molar refractivity (Wildman–Crippen MR) is 76.9 cm³/mol. The SMILES string of the molecule is CCCNC(C)c1ccnc(N2CCC(C)C2)c1. The zero-order valence-corrected chi connectivity index (χ0v) is 11.8. The summed E-state index contributed by atoms with van der Waals surface area (Å²) < 4.78 is 0. The van der Waals surface area contributed by atoms with E-state index in [0.29, 0.717) is 6.04 Å². The van der Waals surface area contributed by atoms with Gasteiger partial charge in [-0.1, -0.05) is 13.8 Å². The minimum atomic E-state index is 0.409. The van der Waals surface area contributed by atoms with Gasteiger partial charge in [-0.25, -0.2) is 4.98 Å². The fraction of sp³-hybridized carbons (Fsp3) is 0.667. The molecule has 0 aromatic carbocycles. The molecule has 0 radical (unpaired) electrons. The van der Waals surface area contributed by atoms with Crippen molar-refractivity contribution >= 4 is 5.82 Å². The van der Waals surface area contributed by atoms with Gasteiger partial charge >= 0.3 is 0 Å². The van der Waals surface area contributed by atoms with E-state index in [1.807, 2.05) is 6.20 Å². The molecule has 3 nitrogen and oxygen atoms in total. The minimum Gasteiger partial charge on any atom is -0.356 e. The molecule has 1 aromatic heterocycles. The number of anilines is 1. The lowest BCUT2D eigenvalue weighted by Crippen LogP contribution is -2.22. The summed E-state index contributed by atoms with van der Waals surface area (Å²) in [6, 6.07) is 4.77. The topological polar surface area (TPSA) is 28.2 Å². The molecule has 0 amide bonds. The summed E-state index contributed by atoms with van der Waals surface area (Å²) >= 11 is 0. The maximum absolute atomic E-state index is 4.52. The average molecular weight is 247 g/mol. The van der Waals surface area contributed by atoms with E-state index in [0.717, 1.165) is 31.4 Å². The van der Waals surface area contributed by atoms with Gasteiger partial charge in [0.05, 0.1) is 0 Å². The molecule has 2 heterocycles. The van der Waals surface area contributed by atoms with E-state index in [2.05, 4.69) is 48.1 Å². The number of nitrogens with one attached hydrogen (secondary N) is 1. The van der Waals surface area contributed by atoms with Crippen molar-refractivity contribution in [3.63, 3.8) is 0 Å². The largest absolute Gasteiger partial charge is 0.356 e. The lowest BCUT2D eigenvalue weighted by atomic mass is 10.1. The van der Waals surface area contributed by atoms with Gasteiger partial charge < -0.3 is 10.2 Å². The van der Waals surface area contributed by atoms with Crippen molar-refractivity contribution in [2.24, 2.45) is 5.92 Å². The minimum absolute atomic E-state index is 0.409. The fourth-order valence-corrected chi connectivity index (χ4v) is 2.50. The molecule has 3 heteroatoms. The van der Waals surface area contributed by atoms with Gasteiger partial charge in [-0.3, -0.25) is 0 Å². The first-order chi connectivity index (χ1) is 8.70. The Bertz CT molecular complexity index is 378. The van der Waals surface area contributed by atoms with Crippen molar-refractivity contribution in [1.82, 2.24) is 10.3 Å². The Morgan fingerprint density at radius 3 is 3.06 bits per heavy atom. The van der Waals surface area contributed by atoms with Crippen molar-refractivity contribution in [3.8, 4) is 0 Å². The number of hydrogen-bond acceptors (Lipinski definition) is 3. The van der Waals surface area contributed by atoms with E-state index in [4.69, 9.17) is 0 Å². The molecule has 1 aliphatic heterocycles. The van der Waals surface area contributed by atoms with Crippen LogP contribution in [0.15, 0.2) is 18.3 Å². The van der Waals surface area contributed by atoms with E-state index in [1.54, 1.807) is 0 Å². The summed E-state index contributed by atoms with van der Waals surface area (Å²) in [6.07, 6.45) is 4.40. The standard InChI is InChI=1S/C15H25N3/c1-4-7-16-13(3)14-5-8-17-15(10-14)18-9-6-12(2)11-18/h5,8,10,12-13,16H,4,6-7,9,11H2,1-3H3. The Morgan fingerprint density at radius 2 is 2.39 bits per heavy atom. The lowest BCUT2D eigenvalue weighted by molar-refractivity contribution is 0.570. The van der Waals surface area contributed by atoms with Crippen LogP contribution in [0.1, 0.15) is 45.2 Å². The molecule has 1 aromatic rings. The molecule has 0 aliphatic carbocycles. The van der Waals surface area contributed by atoms with Gasteiger partial charge in [0, 0.05) is 25.3 Å². The van der Waals surface area contributed by atoms with E-state index in [9.17, 15) is 0 Å². The zero-order valence-electron chi connectivity index (χ0n) is 11.8. The Morgan fingerprint density at radius 1 is 1.56 bits per heavy atom. The van der Waals surface area contributed by atoms with Gasteiger partial charge in [-0.15, -0.1) is 0 Å². The number of nitrogens with zero attached hydrogens (tertiary/aromatic N) is 2. The number of hydrogen-bond donors (Lipinski definition) is 1. The summed E-state index contributed by atoms with van der Waals surface area (Å²) in [4.78, 5) is 6.92. The van der Waals surface area contributed by atoms with Crippen molar-refractivity contribution in [2.75, 3.05) is 24.5 Å². The van der Waals surface area contributed by atoms with Crippen LogP contribution in [-0.2, 0) is 0 Å². The molecule has 2 rings (SSSR count). The Balaban J connectivity index is 2.05. The summed E-state index contributed by atoms with van der Waals surface area (Å²) in [5.74, 6) is 1.94. The van der Waals surface area contributed by atoms with Gasteiger partial charge in [-0.2, -0.15) is 0 Å². The summed E-state index contributed by atoms with van der Waals surface area (Å²) in [5, 5.41) is 3.53. The molecule has 0 bridgehead atoms. The van der Waals surface area contributed by atoms with Crippen LogP contribution in [0.2, 0.25) is 0 Å². The van der Waals surface area contributed by atoms with Gasteiger partial charge in [-0.05, 0) is 49.9 Å². The summed E-state index contributed by atoms with van der Waals surface area (Å²) in [5.41, 5.74) is 1.34. The third-order valence-corrected chi connectivity index (χ3v) is 3.72. The number of pyridine rings is 1. The second kappa shape index (κ2) is 6.19. The molecule has 1 aliphatic rings. The fourth-order valence-electron chi connectivity index (χ4n) is 2.50. The smallest absolute Gasteiger partial charge is 0.128 e. The van der Waals surface area contributed by atoms with E-state index in [-0.39, 0.29) is 0 Å². The van der Waals surface area contributed by atoms with Crippen LogP contribution < -0.4 is 10.2 Å². The quantitative estimate of drug-likeness (QED) is 0.867. The molecule has 0 saturated carbocycles. The number of rotatable bonds is 5. The maximum Gasteiger partial charge on any atom is 0.128 e. The van der Waals surface area contributed by atoms with Crippen LogP contribution in [-0.4, -0.2) is 24.6 Å². The first-order valence-electron chi connectivity index (χ1n) is 7.15. The molecule has 2 unspecified atom stereocenters. The van der Waals surface area contributed by atoms with Crippen LogP contribution in [0.5, 0.6) is 0 Å². The molecule has 100 valence electrons. The first kappa shape index (κ1) is 13.3. The Kier molecular flexibility index (Phi) is 4.59. The lowest BCUT2D eigenvalue weighted by Gasteiger charge is -2.20. The molecular formula is C15H25N3. The second-order valence-corrected chi connectivity index (χ2v) is 5.46. The highest BCUT2D eigenvalue weighted by Crippen LogP contribution is 2.24. The van der Waals surface area contributed by atoms with Crippen molar-refractivity contribution in [3.05, 3.63) is 23.9 Å². The molecule has 1 fully saturated rings. The average Bonchev–Trinajstić information content (AvgIpc) is 2.83. The van der Waals surface area contributed by atoms with Crippen LogP contribution in [0.25, 0.3) is 0 Å². The molecule has 2 atom stereocenters. The molecule has 1 N–H and O–H groups in total. The highest BCUT2D eigenvalue weighted by Gasteiger charge is 2.20. The highest BCUT2D eigenvalue weighted by molar-refractivity contribution is 5.42. The molecule has 1 saturated heterocycles. The first-order valence-corrected chi connectivity index (χ1v) is 7.15. The molecular weight excluding hydrogens is 222 g/mol. The van der Waals surface area contributed by atoms with Crippen molar-refractivity contribution < 1.29 is 0 Å². The van der Waals surface area contributed by atoms with Crippen LogP contribution >= 0.6 is 0 Å². The maximum atomic E-state index is 4.52. The normalized spacial score (nSPS) is 21.3. The van der Waals surface area contributed by atoms with Crippen molar-refractivity contribution in [1.29, 1.82) is 0 Å². The summed E-state index contributed by atoms with van der Waals surface area (Å²) in [7, 11) is 0. The van der Waals surface area contributed by atoms with Gasteiger partial charge in [0.15, 0.2) is 0 Å². The molecule has 18 heavy (non-hydrogen) atoms. The highest BCUT2D eigenvalue weighted by atomic mass is 15.2. The third kappa shape index (κ3) is 3.22. The van der Waals surface area contributed by atoms with E-state index < -0.39 is 0 Å². The van der Waals surface area contributed by atoms with Gasteiger partial charge in [0.1, 0.15) is 5.82 Å². The van der Waals surface area contributed by atoms with Gasteiger partial charge in [0.25, 0.3) is 0 Å². The predicted octanol–water partition coefficient (Wildman–Crippen LogP) is 2.99. The zero-order chi connectivity index (χ0) is 13.0. The van der Waals surface area contributed by atoms with Crippen LogP contribution in [0.4, 0.5) is 5.82 Å². The second-order valence-electron chi connectivity index (χ2n) is 5.46. The third-order valence-electron chi connectivity index (χ3n) is 3.72. The molecule has 0 spiro atoms. The van der Waals surface area contributed by atoms with E-state index >= 15 is 0 Å². The van der Waals surface area contributed by atoms with Crippen LogP contribution in [0.3, 0.4) is 0 Å². The Labute approximate surface area is 111 Å². The monoisotopic (exact) mass is 247 g/mol. The van der Waals surface area contributed by atoms with E-state index in [1.165, 1.54) is 18.4 Å². The Hall–Kier alpha value is -1.09. The van der Waals surface area contributed by atoms with Crippen molar-refractivity contribution in [2.45, 2.75) is 39.7 Å². The summed E-state index contributed by atoms with van der Waals surface area (Å²) in [6.45, 7) is 10.1. The number of aromatic nitrogens is 1.